The minimum atomic E-state index is -3.34. The zero-order chi connectivity index (χ0) is 22.3. The summed E-state index contributed by atoms with van der Waals surface area (Å²) in [7, 11) is -1.75. The van der Waals surface area contributed by atoms with Gasteiger partial charge in [-0.15, -0.1) is 0 Å². The first-order valence-electron chi connectivity index (χ1n) is 9.75. The van der Waals surface area contributed by atoms with Crippen molar-refractivity contribution in [1.82, 2.24) is 20.1 Å². The van der Waals surface area contributed by atoms with Crippen LogP contribution in [0.2, 0.25) is 0 Å². The average molecular weight is 461 g/mol. The summed E-state index contributed by atoms with van der Waals surface area (Å²) in [5.74, 6) is 1.17. The second kappa shape index (κ2) is 10.4. The van der Waals surface area contributed by atoms with Crippen molar-refractivity contribution in [1.29, 1.82) is 0 Å². The number of aromatic amines is 1. The van der Waals surface area contributed by atoms with Gasteiger partial charge in [0, 0.05) is 25.1 Å². The van der Waals surface area contributed by atoms with Crippen LogP contribution in [0.5, 0.6) is 5.75 Å². The van der Waals surface area contributed by atoms with Crippen LogP contribution in [0.1, 0.15) is 12.8 Å². The van der Waals surface area contributed by atoms with Crippen molar-refractivity contribution in [2.24, 2.45) is 0 Å². The quantitative estimate of drug-likeness (QED) is 0.356. The SMILES string of the molecule is COc1ccc(-c2n[nH]c(=S)n2CCC(=O)NCCCS(=O)(=O)c2ccccc2)cc1. The van der Waals surface area contributed by atoms with Crippen molar-refractivity contribution in [2.75, 3.05) is 19.4 Å². The predicted octanol–water partition coefficient (Wildman–Crippen LogP) is 2.99. The summed E-state index contributed by atoms with van der Waals surface area (Å²) in [5, 5.41) is 9.78. The van der Waals surface area contributed by atoms with Gasteiger partial charge in [0.15, 0.2) is 20.4 Å². The maximum Gasteiger partial charge on any atom is 0.221 e. The van der Waals surface area contributed by atoms with Gasteiger partial charge in [-0.1, -0.05) is 18.2 Å². The van der Waals surface area contributed by atoms with E-state index in [0.29, 0.717) is 28.5 Å². The first-order valence-corrected chi connectivity index (χ1v) is 11.8. The third kappa shape index (κ3) is 6.02. The van der Waals surface area contributed by atoms with Crippen LogP contribution in [0.4, 0.5) is 0 Å². The summed E-state index contributed by atoms with van der Waals surface area (Å²) in [6.07, 6.45) is 0.535. The molecular weight excluding hydrogens is 436 g/mol. The number of carbonyl (C=O) groups is 1. The number of ether oxygens (including phenoxy) is 1. The molecule has 3 rings (SSSR count). The van der Waals surface area contributed by atoms with E-state index in [1.165, 1.54) is 0 Å². The minimum absolute atomic E-state index is 0.0221. The van der Waals surface area contributed by atoms with Crippen molar-refractivity contribution < 1.29 is 17.9 Å². The fraction of sp³-hybridized carbons (Fsp3) is 0.286. The molecule has 8 nitrogen and oxygen atoms in total. The molecule has 0 fully saturated rings. The largest absolute Gasteiger partial charge is 0.497 e. The summed E-state index contributed by atoms with van der Waals surface area (Å²) >= 11 is 5.29. The molecule has 31 heavy (non-hydrogen) atoms. The number of hydrogen-bond donors (Lipinski definition) is 2. The number of amides is 1. The van der Waals surface area contributed by atoms with E-state index in [0.717, 1.165) is 11.3 Å². The van der Waals surface area contributed by atoms with E-state index in [2.05, 4.69) is 15.5 Å². The zero-order valence-corrected chi connectivity index (χ0v) is 18.7. The Hall–Kier alpha value is -2.98. The number of sulfone groups is 1. The number of H-pyrrole nitrogens is 1. The first kappa shape index (κ1) is 22.7. The Kier molecular flexibility index (Phi) is 7.59. The van der Waals surface area contributed by atoms with Crippen LogP contribution in [-0.4, -0.2) is 48.5 Å². The van der Waals surface area contributed by atoms with Gasteiger partial charge in [-0.25, -0.2) is 8.42 Å². The minimum Gasteiger partial charge on any atom is -0.497 e. The summed E-state index contributed by atoms with van der Waals surface area (Å²) in [4.78, 5) is 12.5. The lowest BCUT2D eigenvalue weighted by Gasteiger charge is -2.09. The molecule has 2 aromatic carbocycles. The third-order valence-corrected chi connectivity index (χ3v) is 6.81. The highest BCUT2D eigenvalue weighted by atomic mass is 32.2. The van der Waals surface area contributed by atoms with Gasteiger partial charge in [-0.2, -0.15) is 5.10 Å². The van der Waals surface area contributed by atoms with E-state index in [9.17, 15) is 13.2 Å². The lowest BCUT2D eigenvalue weighted by molar-refractivity contribution is -0.121. The summed E-state index contributed by atoms with van der Waals surface area (Å²) in [5.41, 5.74) is 0.847. The van der Waals surface area contributed by atoms with Crippen molar-refractivity contribution >= 4 is 28.0 Å². The smallest absolute Gasteiger partial charge is 0.221 e. The van der Waals surface area contributed by atoms with Crippen LogP contribution in [0.15, 0.2) is 59.5 Å². The molecule has 1 heterocycles. The van der Waals surface area contributed by atoms with Gasteiger partial charge in [-0.3, -0.25) is 14.5 Å². The maximum absolute atomic E-state index is 12.3. The molecule has 164 valence electrons. The Morgan fingerprint density at radius 2 is 1.87 bits per heavy atom. The van der Waals surface area contributed by atoms with Crippen LogP contribution in [-0.2, 0) is 21.2 Å². The Bertz CT molecular complexity index is 1170. The molecule has 1 aromatic heterocycles. The number of nitrogens with zero attached hydrogens (tertiary/aromatic N) is 2. The number of benzene rings is 2. The third-order valence-electron chi connectivity index (χ3n) is 4.68. The Balaban J connectivity index is 1.50. The van der Waals surface area contributed by atoms with Crippen molar-refractivity contribution in [2.45, 2.75) is 24.3 Å². The Morgan fingerprint density at radius 3 is 2.55 bits per heavy atom. The average Bonchev–Trinajstić information content (AvgIpc) is 3.16. The molecule has 0 spiro atoms. The number of aromatic nitrogens is 3. The second-order valence-corrected chi connectivity index (χ2v) is 9.31. The molecule has 3 aromatic rings. The van der Waals surface area contributed by atoms with E-state index in [1.54, 1.807) is 42.0 Å². The maximum atomic E-state index is 12.3. The van der Waals surface area contributed by atoms with Crippen LogP contribution >= 0.6 is 12.2 Å². The summed E-state index contributed by atoms with van der Waals surface area (Å²) < 4.78 is 31.9. The van der Waals surface area contributed by atoms with Crippen molar-refractivity contribution in [3.63, 3.8) is 0 Å². The molecule has 0 aliphatic rings. The number of nitrogens with one attached hydrogen (secondary N) is 2. The zero-order valence-electron chi connectivity index (χ0n) is 17.1. The van der Waals surface area contributed by atoms with Gasteiger partial charge in [0.25, 0.3) is 0 Å². The lowest BCUT2D eigenvalue weighted by atomic mass is 10.2. The van der Waals surface area contributed by atoms with E-state index in [-0.39, 0.29) is 24.6 Å². The van der Waals surface area contributed by atoms with Crippen molar-refractivity contribution in [3.8, 4) is 17.1 Å². The molecule has 0 bridgehead atoms. The van der Waals surface area contributed by atoms with E-state index in [1.807, 2.05) is 24.3 Å². The second-order valence-electron chi connectivity index (χ2n) is 6.82. The molecule has 0 saturated heterocycles. The molecule has 0 radical (unpaired) electrons. The van der Waals surface area contributed by atoms with Crippen molar-refractivity contribution in [3.05, 3.63) is 59.4 Å². The van der Waals surface area contributed by atoms with Gasteiger partial charge in [0.05, 0.1) is 17.8 Å². The molecule has 0 saturated carbocycles. The molecule has 0 aliphatic heterocycles. The van der Waals surface area contributed by atoms with Gasteiger partial charge in [-0.05, 0) is 55.0 Å². The molecule has 0 unspecified atom stereocenters. The molecule has 10 heteroatoms. The Labute approximate surface area is 186 Å². The predicted molar refractivity (Wildman–Crippen MR) is 120 cm³/mol. The monoisotopic (exact) mass is 460 g/mol. The molecule has 2 N–H and O–H groups in total. The van der Waals surface area contributed by atoms with Crippen LogP contribution in [0.3, 0.4) is 0 Å². The highest BCUT2D eigenvalue weighted by Gasteiger charge is 2.14. The van der Waals surface area contributed by atoms with E-state index >= 15 is 0 Å². The van der Waals surface area contributed by atoms with E-state index in [4.69, 9.17) is 17.0 Å². The lowest BCUT2D eigenvalue weighted by Crippen LogP contribution is -2.27. The fourth-order valence-electron chi connectivity index (χ4n) is 3.02. The van der Waals surface area contributed by atoms with E-state index < -0.39 is 9.84 Å². The molecule has 0 aliphatic carbocycles. The number of hydrogen-bond acceptors (Lipinski definition) is 6. The van der Waals surface area contributed by atoms with Gasteiger partial charge in [0.2, 0.25) is 5.91 Å². The van der Waals surface area contributed by atoms with Crippen LogP contribution in [0, 0.1) is 4.77 Å². The van der Waals surface area contributed by atoms with Crippen LogP contribution in [0.25, 0.3) is 11.4 Å². The Morgan fingerprint density at radius 1 is 1.16 bits per heavy atom. The standard InChI is InChI=1S/C21H24N4O4S2/c1-29-17-10-8-16(9-11-17)20-23-24-21(30)25(20)14-12-19(26)22-13-5-15-31(27,28)18-6-3-2-4-7-18/h2-4,6-11H,5,12-15H2,1H3,(H,22,26)(H,24,30). The molecular formula is C21H24N4O4S2. The molecule has 0 atom stereocenters. The normalized spacial score (nSPS) is 11.3. The number of carbonyl (C=O) groups excluding carboxylic acids is 1. The molecule has 1 amide bonds. The summed E-state index contributed by atoms with van der Waals surface area (Å²) in [6.45, 7) is 0.637. The topological polar surface area (TPSA) is 106 Å². The number of methoxy groups -OCH3 is 1. The summed E-state index contributed by atoms with van der Waals surface area (Å²) in [6, 6.07) is 15.7. The van der Waals surface area contributed by atoms with Gasteiger partial charge in [0.1, 0.15) is 5.75 Å². The highest BCUT2D eigenvalue weighted by molar-refractivity contribution is 7.91. The first-order chi connectivity index (χ1) is 14.9. The van der Waals surface area contributed by atoms with Crippen LogP contribution < -0.4 is 10.1 Å². The van der Waals surface area contributed by atoms with Gasteiger partial charge < -0.3 is 10.1 Å². The highest BCUT2D eigenvalue weighted by Crippen LogP contribution is 2.21. The van der Waals surface area contributed by atoms with Gasteiger partial charge >= 0.3 is 0 Å². The number of rotatable bonds is 10. The fourth-order valence-corrected chi connectivity index (χ4v) is 4.58.